The number of hydrogen-bond donors (Lipinski definition) is 1. The first-order valence-corrected chi connectivity index (χ1v) is 12.6. The summed E-state index contributed by atoms with van der Waals surface area (Å²) in [5, 5.41) is 8.67. The van der Waals surface area contributed by atoms with E-state index in [-0.39, 0.29) is 16.6 Å². The highest BCUT2D eigenvalue weighted by molar-refractivity contribution is 5.22. The molecule has 1 saturated carbocycles. The highest BCUT2D eigenvalue weighted by atomic mass is 16.5. The summed E-state index contributed by atoms with van der Waals surface area (Å²) in [5.41, 5.74) is 2.92. The third-order valence-electron chi connectivity index (χ3n) is 8.85. The molecule has 1 N–H and O–H groups in total. The fourth-order valence-corrected chi connectivity index (χ4v) is 7.17. The van der Waals surface area contributed by atoms with Crippen molar-refractivity contribution < 1.29 is 9.47 Å². The van der Waals surface area contributed by atoms with Crippen LogP contribution in [0.5, 0.6) is 0 Å². The molecule has 6 nitrogen and oxygen atoms in total. The van der Waals surface area contributed by atoms with E-state index in [1.807, 2.05) is 18.5 Å². The van der Waals surface area contributed by atoms with Gasteiger partial charge in [-0.2, -0.15) is 5.10 Å². The summed E-state index contributed by atoms with van der Waals surface area (Å²) in [4.78, 5) is 4.86. The molecule has 32 heavy (non-hydrogen) atoms. The first-order valence-electron chi connectivity index (χ1n) is 12.6. The average Bonchev–Trinajstić information content (AvgIpc) is 3.55. The van der Waals surface area contributed by atoms with Crippen LogP contribution >= 0.6 is 0 Å². The average molecular weight is 437 g/mol. The SMILES string of the molecule is c1ccc([C@]2(CCNC3CC4(CCOCC4)n4nccc43)CCOC3(CCCC3)C2)nc1. The van der Waals surface area contributed by atoms with E-state index >= 15 is 0 Å². The van der Waals surface area contributed by atoms with Crippen molar-refractivity contribution in [2.24, 2.45) is 0 Å². The van der Waals surface area contributed by atoms with Crippen LogP contribution < -0.4 is 5.32 Å². The number of hydrogen-bond acceptors (Lipinski definition) is 5. The predicted octanol–water partition coefficient (Wildman–Crippen LogP) is 4.27. The molecule has 2 saturated heterocycles. The lowest BCUT2D eigenvalue weighted by Crippen LogP contribution is -2.47. The normalized spacial score (nSPS) is 30.7. The van der Waals surface area contributed by atoms with Crippen LogP contribution in [-0.2, 0) is 20.4 Å². The number of fused-ring (bicyclic) bond motifs is 2. The molecular weight excluding hydrogens is 400 g/mol. The molecule has 0 aromatic carbocycles. The fourth-order valence-electron chi connectivity index (χ4n) is 7.17. The largest absolute Gasteiger partial charge is 0.381 e. The van der Waals surface area contributed by atoms with Gasteiger partial charge in [0.25, 0.3) is 0 Å². The molecule has 3 fully saturated rings. The van der Waals surface area contributed by atoms with Crippen molar-refractivity contribution >= 4 is 0 Å². The topological polar surface area (TPSA) is 61.2 Å². The number of rotatable bonds is 5. The second-order valence-electron chi connectivity index (χ2n) is 10.6. The smallest absolute Gasteiger partial charge is 0.0694 e. The lowest BCUT2D eigenvalue weighted by molar-refractivity contribution is -0.104. The third-order valence-corrected chi connectivity index (χ3v) is 8.85. The van der Waals surface area contributed by atoms with Gasteiger partial charge in [0.2, 0.25) is 0 Å². The van der Waals surface area contributed by atoms with Crippen LogP contribution in [0, 0.1) is 0 Å². The van der Waals surface area contributed by atoms with Crippen molar-refractivity contribution in [3.8, 4) is 0 Å². The van der Waals surface area contributed by atoms with Crippen LogP contribution in [0.2, 0.25) is 0 Å². The molecule has 5 heterocycles. The van der Waals surface area contributed by atoms with Crippen LogP contribution in [0.1, 0.15) is 81.6 Å². The Bertz CT molecular complexity index is 917. The van der Waals surface area contributed by atoms with Crippen molar-refractivity contribution in [3.63, 3.8) is 0 Å². The molecule has 6 heteroatoms. The maximum atomic E-state index is 6.42. The maximum absolute atomic E-state index is 6.42. The molecule has 0 bridgehead atoms. The standard InChI is InChI=1S/C26H36N4O2/c1-4-13-28-23(5-1)24(10-18-32-26(20-24)7-2-3-8-26)9-15-27-21-19-25(11-16-31-17-12-25)30-22(21)6-14-29-30/h1,4-6,13-14,21,27H,2-3,7-12,15-20H2/t21?,24-/m1/s1. The van der Waals surface area contributed by atoms with Gasteiger partial charge in [-0.05, 0) is 76.1 Å². The van der Waals surface area contributed by atoms with Crippen LogP contribution in [0.3, 0.4) is 0 Å². The van der Waals surface area contributed by atoms with Gasteiger partial charge in [-0.3, -0.25) is 9.67 Å². The summed E-state index contributed by atoms with van der Waals surface area (Å²) in [5.74, 6) is 0. The lowest BCUT2D eigenvalue weighted by Gasteiger charge is -2.46. The van der Waals surface area contributed by atoms with E-state index in [4.69, 9.17) is 19.6 Å². The Balaban J connectivity index is 1.20. The minimum absolute atomic E-state index is 0.0773. The Morgan fingerprint density at radius 3 is 2.69 bits per heavy atom. The lowest BCUT2D eigenvalue weighted by atomic mass is 9.68. The zero-order chi connectivity index (χ0) is 21.5. The van der Waals surface area contributed by atoms with E-state index in [1.54, 1.807) is 0 Å². The van der Waals surface area contributed by atoms with Crippen LogP contribution in [0.25, 0.3) is 0 Å². The second kappa shape index (κ2) is 8.23. The molecule has 0 amide bonds. The van der Waals surface area contributed by atoms with E-state index in [9.17, 15) is 0 Å². The maximum Gasteiger partial charge on any atom is 0.0694 e. The fraction of sp³-hybridized carbons (Fsp3) is 0.692. The zero-order valence-corrected chi connectivity index (χ0v) is 19.1. The van der Waals surface area contributed by atoms with Crippen LogP contribution in [-0.4, -0.2) is 46.7 Å². The van der Waals surface area contributed by atoms with E-state index < -0.39 is 0 Å². The summed E-state index contributed by atoms with van der Waals surface area (Å²) in [6.45, 7) is 3.54. The Kier molecular flexibility index (Phi) is 5.35. The van der Waals surface area contributed by atoms with Gasteiger partial charge in [0.1, 0.15) is 0 Å². The summed E-state index contributed by atoms with van der Waals surface area (Å²) < 4.78 is 14.4. The van der Waals surface area contributed by atoms with Crippen LogP contribution in [0.4, 0.5) is 0 Å². The van der Waals surface area contributed by atoms with Gasteiger partial charge < -0.3 is 14.8 Å². The van der Waals surface area contributed by atoms with Gasteiger partial charge in [-0.1, -0.05) is 18.9 Å². The van der Waals surface area contributed by atoms with E-state index in [0.29, 0.717) is 6.04 Å². The van der Waals surface area contributed by atoms with E-state index in [1.165, 1.54) is 37.1 Å². The molecule has 1 unspecified atom stereocenters. The van der Waals surface area contributed by atoms with E-state index in [2.05, 4.69) is 28.2 Å². The minimum Gasteiger partial charge on any atom is -0.381 e. The number of ether oxygens (including phenoxy) is 2. The molecule has 1 aliphatic carbocycles. The molecule has 3 aliphatic heterocycles. The molecular formula is C26H36N4O2. The minimum atomic E-state index is 0.0773. The highest BCUT2D eigenvalue weighted by Gasteiger charge is 2.49. The molecule has 0 radical (unpaired) electrons. The molecule has 2 atom stereocenters. The van der Waals surface area contributed by atoms with Crippen molar-refractivity contribution in [1.82, 2.24) is 20.1 Å². The Labute approximate surface area is 191 Å². The summed E-state index contributed by atoms with van der Waals surface area (Å²) in [7, 11) is 0. The number of aromatic nitrogens is 3. The first kappa shape index (κ1) is 20.8. The van der Waals surface area contributed by atoms with Gasteiger partial charge in [-0.15, -0.1) is 0 Å². The van der Waals surface area contributed by atoms with E-state index in [0.717, 1.165) is 64.9 Å². The molecule has 4 aliphatic rings. The van der Waals surface area contributed by atoms with Crippen molar-refractivity contribution in [2.75, 3.05) is 26.4 Å². The Morgan fingerprint density at radius 2 is 1.88 bits per heavy atom. The first-order chi connectivity index (χ1) is 15.7. The third kappa shape index (κ3) is 3.51. The highest BCUT2D eigenvalue weighted by Crippen LogP contribution is 2.50. The van der Waals surface area contributed by atoms with Crippen molar-refractivity contribution in [1.29, 1.82) is 0 Å². The van der Waals surface area contributed by atoms with Gasteiger partial charge in [-0.25, -0.2) is 0 Å². The number of pyridine rings is 1. The van der Waals surface area contributed by atoms with Gasteiger partial charge in [0, 0.05) is 43.3 Å². The molecule has 2 spiro atoms. The summed E-state index contributed by atoms with van der Waals surface area (Å²) >= 11 is 0. The zero-order valence-electron chi connectivity index (χ0n) is 19.1. The number of nitrogens with zero attached hydrogens (tertiary/aromatic N) is 3. The quantitative estimate of drug-likeness (QED) is 0.758. The van der Waals surface area contributed by atoms with Gasteiger partial charge >= 0.3 is 0 Å². The van der Waals surface area contributed by atoms with Gasteiger partial charge in [0.05, 0.1) is 22.9 Å². The summed E-state index contributed by atoms with van der Waals surface area (Å²) in [6.07, 6.45) is 15.5. The van der Waals surface area contributed by atoms with Crippen molar-refractivity contribution in [3.05, 3.63) is 48.0 Å². The Hall–Kier alpha value is -1.76. The predicted molar refractivity (Wildman–Crippen MR) is 123 cm³/mol. The second-order valence-corrected chi connectivity index (χ2v) is 10.6. The Morgan fingerprint density at radius 1 is 1.00 bits per heavy atom. The number of nitrogens with one attached hydrogen (secondary N) is 1. The van der Waals surface area contributed by atoms with Gasteiger partial charge in [0.15, 0.2) is 0 Å². The van der Waals surface area contributed by atoms with Crippen LogP contribution in [0.15, 0.2) is 36.7 Å². The molecule has 2 aromatic rings. The molecule has 2 aromatic heterocycles. The monoisotopic (exact) mass is 436 g/mol. The molecule has 172 valence electrons. The van der Waals surface area contributed by atoms with Crippen molar-refractivity contribution in [2.45, 2.75) is 86.8 Å². The molecule has 6 rings (SSSR count). The summed E-state index contributed by atoms with van der Waals surface area (Å²) in [6, 6.07) is 9.01.